The van der Waals surface area contributed by atoms with Gasteiger partial charge >= 0.3 is 0 Å². The van der Waals surface area contributed by atoms with Crippen molar-refractivity contribution in [2.45, 2.75) is 65.1 Å². The highest BCUT2D eigenvalue weighted by Gasteiger charge is 2.32. The molecular formula is C12H23NO2. The summed E-state index contributed by atoms with van der Waals surface area (Å²) in [7, 11) is 0. The molecule has 1 fully saturated rings. The Morgan fingerprint density at radius 1 is 1.47 bits per heavy atom. The smallest absolute Gasteiger partial charge is 0.249 e. The van der Waals surface area contributed by atoms with E-state index in [2.05, 4.69) is 13.8 Å². The molecule has 3 heteroatoms. The predicted molar refractivity (Wildman–Crippen MR) is 60.7 cm³/mol. The first kappa shape index (κ1) is 12.5. The van der Waals surface area contributed by atoms with Gasteiger partial charge < -0.3 is 9.64 Å². The number of likely N-dealkylation sites (tertiary alicyclic amines) is 1. The summed E-state index contributed by atoms with van der Waals surface area (Å²) in [6.07, 6.45) is 3.46. The van der Waals surface area contributed by atoms with Crippen LogP contribution in [0, 0.1) is 0 Å². The van der Waals surface area contributed by atoms with Crippen LogP contribution in [0.15, 0.2) is 0 Å². The molecule has 88 valence electrons. The highest BCUT2D eigenvalue weighted by Crippen LogP contribution is 2.25. The standard InChI is InChI=1S/C12H23NO2/c1-5-11-7-6-10(4)13(11)12(14)8-15-9(2)3/h9-11H,5-8H2,1-4H3. The highest BCUT2D eigenvalue weighted by molar-refractivity contribution is 5.78. The van der Waals surface area contributed by atoms with Crippen molar-refractivity contribution in [2.24, 2.45) is 0 Å². The Labute approximate surface area is 92.8 Å². The molecule has 2 unspecified atom stereocenters. The van der Waals surface area contributed by atoms with E-state index in [-0.39, 0.29) is 18.6 Å². The fourth-order valence-electron chi connectivity index (χ4n) is 2.23. The first-order valence-electron chi connectivity index (χ1n) is 5.99. The lowest BCUT2D eigenvalue weighted by molar-refractivity contribution is -0.140. The first-order valence-corrected chi connectivity index (χ1v) is 5.99. The van der Waals surface area contributed by atoms with E-state index in [0.717, 1.165) is 19.3 Å². The molecule has 1 saturated heterocycles. The molecule has 0 spiro atoms. The van der Waals surface area contributed by atoms with E-state index in [0.29, 0.717) is 12.1 Å². The van der Waals surface area contributed by atoms with E-state index >= 15 is 0 Å². The van der Waals surface area contributed by atoms with Crippen LogP contribution in [0.1, 0.15) is 47.0 Å². The Bertz CT molecular complexity index is 216. The zero-order chi connectivity index (χ0) is 11.4. The SMILES string of the molecule is CCC1CCC(C)N1C(=O)COC(C)C. The van der Waals surface area contributed by atoms with Gasteiger partial charge in [0.25, 0.3) is 0 Å². The lowest BCUT2D eigenvalue weighted by Gasteiger charge is -2.28. The zero-order valence-corrected chi connectivity index (χ0v) is 10.3. The van der Waals surface area contributed by atoms with Gasteiger partial charge in [-0.25, -0.2) is 0 Å². The number of hydrogen-bond donors (Lipinski definition) is 0. The van der Waals surface area contributed by atoms with Gasteiger partial charge in [-0.3, -0.25) is 4.79 Å². The molecule has 1 aliphatic rings. The van der Waals surface area contributed by atoms with Crippen molar-refractivity contribution in [3.8, 4) is 0 Å². The normalized spacial score (nSPS) is 26.3. The number of carbonyl (C=O) groups excluding carboxylic acids is 1. The first-order chi connectivity index (χ1) is 7.06. The molecule has 0 saturated carbocycles. The topological polar surface area (TPSA) is 29.5 Å². The van der Waals surface area contributed by atoms with Crippen LogP contribution < -0.4 is 0 Å². The molecule has 1 aliphatic heterocycles. The Morgan fingerprint density at radius 2 is 2.13 bits per heavy atom. The number of ether oxygens (including phenoxy) is 1. The van der Waals surface area contributed by atoms with Crippen molar-refractivity contribution >= 4 is 5.91 Å². The minimum absolute atomic E-state index is 0.131. The summed E-state index contributed by atoms with van der Waals surface area (Å²) in [6.45, 7) is 8.42. The fourth-order valence-corrected chi connectivity index (χ4v) is 2.23. The molecule has 0 aromatic heterocycles. The van der Waals surface area contributed by atoms with Gasteiger partial charge in [-0.15, -0.1) is 0 Å². The van der Waals surface area contributed by atoms with E-state index < -0.39 is 0 Å². The number of carbonyl (C=O) groups is 1. The number of amides is 1. The van der Waals surface area contributed by atoms with Gasteiger partial charge in [0.2, 0.25) is 5.91 Å². The lowest BCUT2D eigenvalue weighted by atomic mass is 10.1. The van der Waals surface area contributed by atoms with Gasteiger partial charge in [0.05, 0.1) is 6.10 Å². The Kier molecular flexibility index (Phi) is 4.58. The molecule has 1 rings (SSSR count). The molecule has 0 aromatic rings. The zero-order valence-electron chi connectivity index (χ0n) is 10.3. The molecule has 1 heterocycles. The third-order valence-electron chi connectivity index (χ3n) is 3.09. The Hall–Kier alpha value is -0.570. The third-order valence-corrected chi connectivity index (χ3v) is 3.09. The Balaban J connectivity index is 2.49. The van der Waals surface area contributed by atoms with Crippen LogP contribution >= 0.6 is 0 Å². The van der Waals surface area contributed by atoms with Gasteiger partial charge in [-0.1, -0.05) is 6.92 Å². The average Bonchev–Trinajstić information content (AvgIpc) is 2.56. The summed E-state index contributed by atoms with van der Waals surface area (Å²) in [5.41, 5.74) is 0. The van der Waals surface area contributed by atoms with Crippen molar-refractivity contribution in [1.29, 1.82) is 0 Å². The molecule has 1 amide bonds. The second kappa shape index (κ2) is 5.50. The van der Waals surface area contributed by atoms with Crippen LogP contribution in [-0.2, 0) is 9.53 Å². The van der Waals surface area contributed by atoms with Crippen LogP contribution in [0.5, 0.6) is 0 Å². The van der Waals surface area contributed by atoms with Crippen LogP contribution in [0.4, 0.5) is 0 Å². The van der Waals surface area contributed by atoms with Gasteiger partial charge in [0, 0.05) is 12.1 Å². The highest BCUT2D eigenvalue weighted by atomic mass is 16.5. The van der Waals surface area contributed by atoms with Crippen molar-refractivity contribution in [3.63, 3.8) is 0 Å². The number of rotatable bonds is 4. The molecule has 0 N–H and O–H groups in total. The number of hydrogen-bond acceptors (Lipinski definition) is 2. The van der Waals surface area contributed by atoms with E-state index in [9.17, 15) is 4.79 Å². The summed E-state index contributed by atoms with van der Waals surface area (Å²) in [5.74, 6) is 0.153. The Morgan fingerprint density at radius 3 is 2.67 bits per heavy atom. The molecule has 3 nitrogen and oxygen atoms in total. The van der Waals surface area contributed by atoms with Crippen molar-refractivity contribution in [3.05, 3.63) is 0 Å². The summed E-state index contributed by atoms with van der Waals surface area (Å²) in [4.78, 5) is 13.9. The summed E-state index contributed by atoms with van der Waals surface area (Å²) in [6, 6.07) is 0.821. The predicted octanol–water partition coefficient (Wildman–Crippen LogP) is 2.20. The van der Waals surface area contributed by atoms with Crippen LogP contribution in [0.25, 0.3) is 0 Å². The number of nitrogens with zero attached hydrogens (tertiary/aromatic N) is 1. The maximum atomic E-state index is 11.9. The van der Waals surface area contributed by atoms with Gasteiger partial charge in [0.15, 0.2) is 0 Å². The minimum Gasteiger partial charge on any atom is -0.369 e. The maximum Gasteiger partial charge on any atom is 0.249 e. The lowest BCUT2D eigenvalue weighted by Crippen LogP contribution is -2.42. The second-order valence-corrected chi connectivity index (χ2v) is 4.65. The van der Waals surface area contributed by atoms with Crippen LogP contribution in [0.3, 0.4) is 0 Å². The summed E-state index contributed by atoms with van der Waals surface area (Å²) >= 11 is 0. The van der Waals surface area contributed by atoms with E-state index in [1.54, 1.807) is 0 Å². The van der Waals surface area contributed by atoms with Gasteiger partial charge in [-0.05, 0) is 40.0 Å². The minimum atomic E-state index is 0.131. The third kappa shape index (κ3) is 3.20. The van der Waals surface area contributed by atoms with Crippen molar-refractivity contribution in [2.75, 3.05) is 6.61 Å². The van der Waals surface area contributed by atoms with Crippen molar-refractivity contribution in [1.82, 2.24) is 4.90 Å². The van der Waals surface area contributed by atoms with Gasteiger partial charge in [-0.2, -0.15) is 0 Å². The molecule has 0 aliphatic carbocycles. The van der Waals surface area contributed by atoms with E-state index in [1.165, 1.54) is 0 Å². The monoisotopic (exact) mass is 213 g/mol. The van der Waals surface area contributed by atoms with Crippen LogP contribution in [-0.4, -0.2) is 35.6 Å². The molecular weight excluding hydrogens is 190 g/mol. The molecule has 0 bridgehead atoms. The summed E-state index contributed by atoms with van der Waals surface area (Å²) in [5, 5.41) is 0. The molecule has 15 heavy (non-hydrogen) atoms. The van der Waals surface area contributed by atoms with Crippen LogP contribution in [0.2, 0.25) is 0 Å². The second-order valence-electron chi connectivity index (χ2n) is 4.65. The van der Waals surface area contributed by atoms with Gasteiger partial charge in [0.1, 0.15) is 6.61 Å². The van der Waals surface area contributed by atoms with Crippen molar-refractivity contribution < 1.29 is 9.53 Å². The maximum absolute atomic E-state index is 11.9. The van der Waals surface area contributed by atoms with E-state index in [4.69, 9.17) is 4.74 Å². The molecule has 0 aromatic carbocycles. The largest absolute Gasteiger partial charge is 0.369 e. The molecule has 2 atom stereocenters. The quantitative estimate of drug-likeness (QED) is 0.716. The van der Waals surface area contributed by atoms with E-state index in [1.807, 2.05) is 18.7 Å². The average molecular weight is 213 g/mol. The molecule has 0 radical (unpaired) electrons. The summed E-state index contributed by atoms with van der Waals surface area (Å²) < 4.78 is 5.37. The fraction of sp³-hybridized carbons (Fsp3) is 0.917.